The second-order valence-electron chi connectivity index (χ2n) is 1.47. The van der Waals surface area contributed by atoms with Gasteiger partial charge in [-0.25, -0.2) is 4.39 Å². The molecule has 0 saturated carbocycles. The predicted octanol–water partition coefficient (Wildman–Crippen LogP) is 0.761. The van der Waals surface area contributed by atoms with Crippen molar-refractivity contribution in [3.63, 3.8) is 0 Å². The lowest BCUT2D eigenvalue weighted by molar-refractivity contribution is 0.0797. The van der Waals surface area contributed by atoms with Crippen molar-refractivity contribution in [1.29, 1.82) is 0 Å². The monoisotopic (exact) mass is 140 g/mol. The van der Waals surface area contributed by atoms with Crippen LogP contribution < -0.4 is 0 Å². The normalized spacial score (nSPS) is 39.6. The maximum Gasteiger partial charge on any atom is 0.319 e. The van der Waals surface area contributed by atoms with Crippen LogP contribution in [0.1, 0.15) is 0 Å². The minimum Gasteiger partial charge on any atom is -0.307 e. The summed E-state index contributed by atoms with van der Waals surface area (Å²) in [5.74, 6) is 0. The summed E-state index contributed by atoms with van der Waals surface area (Å²) in [5, 5.41) is 0. The molecule has 1 rings (SSSR count). The summed E-state index contributed by atoms with van der Waals surface area (Å²) in [5.41, 5.74) is 0. The standard InChI is InChI=1S/C3H6FO3P/c4-3-1-6-8(5)7-2-3/h3,8H,1-2H2. The van der Waals surface area contributed by atoms with Crippen LogP contribution in [-0.4, -0.2) is 19.4 Å². The van der Waals surface area contributed by atoms with E-state index in [1.807, 2.05) is 0 Å². The molecule has 5 heteroatoms. The molecule has 8 heavy (non-hydrogen) atoms. The van der Waals surface area contributed by atoms with Gasteiger partial charge in [0.25, 0.3) is 0 Å². The molecule has 0 unspecified atom stereocenters. The molecular formula is C3H6FO3P. The highest BCUT2D eigenvalue weighted by Crippen LogP contribution is 2.28. The van der Waals surface area contributed by atoms with Crippen LogP contribution in [-0.2, 0) is 13.6 Å². The minimum absolute atomic E-state index is 0.0855. The summed E-state index contributed by atoms with van der Waals surface area (Å²) in [4.78, 5) is 0. The lowest BCUT2D eigenvalue weighted by atomic mass is 10.4. The second-order valence-corrected chi connectivity index (χ2v) is 2.55. The predicted molar refractivity (Wildman–Crippen MR) is 25.8 cm³/mol. The fraction of sp³-hybridized carbons (Fsp3) is 1.00. The van der Waals surface area contributed by atoms with Gasteiger partial charge in [0.2, 0.25) is 0 Å². The zero-order chi connectivity index (χ0) is 5.98. The van der Waals surface area contributed by atoms with Crippen molar-refractivity contribution in [2.75, 3.05) is 13.2 Å². The molecule has 0 aromatic carbocycles. The van der Waals surface area contributed by atoms with Crippen molar-refractivity contribution < 1.29 is 18.0 Å². The number of hydrogen-bond donors (Lipinski definition) is 0. The molecule has 48 valence electrons. The van der Waals surface area contributed by atoms with E-state index in [4.69, 9.17) is 0 Å². The molecule has 0 aliphatic carbocycles. The van der Waals surface area contributed by atoms with Crippen LogP contribution in [0.15, 0.2) is 0 Å². The molecule has 0 atom stereocenters. The van der Waals surface area contributed by atoms with Crippen LogP contribution in [0, 0.1) is 0 Å². The quantitative estimate of drug-likeness (QED) is 0.466. The molecule has 0 aromatic heterocycles. The molecule has 0 N–H and O–H groups in total. The van der Waals surface area contributed by atoms with E-state index in [0.717, 1.165) is 0 Å². The first kappa shape index (κ1) is 6.20. The van der Waals surface area contributed by atoms with Gasteiger partial charge in [-0.3, -0.25) is 4.57 Å². The summed E-state index contributed by atoms with van der Waals surface area (Å²) in [7, 11) is -2.32. The summed E-state index contributed by atoms with van der Waals surface area (Å²) < 4.78 is 30.8. The van der Waals surface area contributed by atoms with Crippen molar-refractivity contribution in [2.24, 2.45) is 0 Å². The summed E-state index contributed by atoms with van der Waals surface area (Å²) in [6.07, 6.45) is -1.10. The van der Waals surface area contributed by atoms with Gasteiger partial charge in [0.05, 0.1) is 13.2 Å². The van der Waals surface area contributed by atoms with E-state index in [0.29, 0.717) is 0 Å². The van der Waals surface area contributed by atoms with Gasteiger partial charge in [0.15, 0.2) is 0 Å². The highest BCUT2D eigenvalue weighted by Gasteiger charge is 2.16. The van der Waals surface area contributed by atoms with Gasteiger partial charge in [-0.1, -0.05) is 0 Å². The van der Waals surface area contributed by atoms with Crippen molar-refractivity contribution in [1.82, 2.24) is 0 Å². The Bertz CT molecular complexity index is 96.7. The maximum absolute atomic E-state index is 12.0. The molecule has 1 fully saturated rings. The molecule has 1 aliphatic rings. The van der Waals surface area contributed by atoms with Gasteiger partial charge in [0.1, 0.15) is 6.17 Å². The molecule has 0 spiro atoms. The van der Waals surface area contributed by atoms with Crippen molar-refractivity contribution in [3.05, 3.63) is 0 Å². The van der Waals surface area contributed by atoms with Crippen LogP contribution in [0.2, 0.25) is 0 Å². The fourth-order valence-electron chi connectivity index (χ4n) is 0.407. The van der Waals surface area contributed by atoms with Crippen LogP contribution >= 0.6 is 8.25 Å². The van der Waals surface area contributed by atoms with Crippen molar-refractivity contribution >= 4 is 8.25 Å². The van der Waals surface area contributed by atoms with Crippen LogP contribution in [0.3, 0.4) is 0 Å². The molecule has 1 aliphatic heterocycles. The van der Waals surface area contributed by atoms with Crippen molar-refractivity contribution in [3.8, 4) is 0 Å². The first-order valence-corrected chi connectivity index (χ1v) is 3.45. The number of hydrogen-bond acceptors (Lipinski definition) is 3. The SMILES string of the molecule is O=[PH]1OCC(F)CO1. The average Bonchev–Trinajstić information content (AvgIpc) is 1.77. The summed E-state index contributed by atoms with van der Waals surface area (Å²) >= 11 is 0. The lowest BCUT2D eigenvalue weighted by Gasteiger charge is -2.14. The molecule has 0 amide bonds. The highest BCUT2D eigenvalue weighted by molar-refractivity contribution is 7.33. The smallest absolute Gasteiger partial charge is 0.307 e. The lowest BCUT2D eigenvalue weighted by Crippen LogP contribution is -2.18. The van der Waals surface area contributed by atoms with Crippen molar-refractivity contribution in [2.45, 2.75) is 6.17 Å². The van der Waals surface area contributed by atoms with E-state index >= 15 is 0 Å². The minimum atomic E-state index is -2.32. The van der Waals surface area contributed by atoms with Gasteiger partial charge < -0.3 is 9.05 Å². The number of rotatable bonds is 0. The Hall–Kier alpha value is 0.0800. The van der Waals surface area contributed by atoms with Crippen LogP contribution in [0.25, 0.3) is 0 Å². The zero-order valence-electron chi connectivity index (χ0n) is 4.09. The third-order valence-corrected chi connectivity index (χ3v) is 1.57. The Balaban J connectivity index is 2.29. The molecule has 0 bridgehead atoms. The fourth-order valence-corrected chi connectivity index (χ4v) is 1.12. The Kier molecular flexibility index (Phi) is 2.00. The highest BCUT2D eigenvalue weighted by atomic mass is 31.1. The molecule has 0 radical (unpaired) electrons. The van der Waals surface area contributed by atoms with Gasteiger partial charge in [-0.2, -0.15) is 0 Å². The molecular weight excluding hydrogens is 134 g/mol. The summed E-state index contributed by atoms with van der Waals surface area (Å²) in [6.45, 7) is -0.171. The van der Waals surface area contributed by atoms with Gasteiger partial charge in [0, 0.05) is 0 Å². The molecule has 0 aromatic rings. The average molecular weight is 140 g/mol. The molecule has 3 nitrogen and oxygen atoms in total. The van der Waals surface area contributed by atoms with Crippen LogP contribution in [0.4, 0.5) is 4.39 Å². The Morgan fingerprint density at radius 1 is 1.50 bits per heavy atom. The van der Waals surface area contributed by atoms with Gasteiger partial charge >= 0.3 is 8.25 Å². The van der Waals surface area contributed by atoms with Crippen LogP contribution in [0.5, 0.6) is 0 Å². The third kappa shape index (κ3) is 1.54. The zero-order valence-corrected chi connectivity index (χ0v) is 5.09. The third-order valence-electron chi connectivity index (χ3n) is 0.764. The summed E-state index contributed by atoms with van der Waals surface area (Å²) in [6, 6.07) is 0. The first-order valence-electron chi connectivity index (χ1n) is 2.22. The topological polar surface area (TPSA) is 35.5 Å². The largest absolute Gasteiger partial charge is 0.319 e. The first-order chi connectivity index (χ1) is 3.79. The van der Waals surface area contributed by atoms with Gasteiger partial charge in [-0.05, 0) is 0 Å². The maximum atomic E-state index is 12.0. The van der Waals surface area contributed by atoms with Gasteiger partial charge in [-0.15, -0.1) is 0 Å². The number of alkyl halides is 1. The Morgan fingerprint density at radius 2 is 2.00 bits per heavy atom. The Morgan fingerprint density at radius 3 is 2.38 bits per heavy atom. The van der Waals surface area contributed by atoms with E-state index in [-0.39, 0.29) is 13.2 Å². The Labute approximate surface area is 46.7 Å². The van der Waals surface area contributed by atoms with E-state index in [9.17, 15) is 8.96 Å². The molecule has 1 saturated heterocycles. The number of halogens is 1. The van der Waals surface area contributed by atoms with E-state index < -0.39 is 14.4 Å². The molecule has 1 heterocycles. The van der Waals surface area contributed by atoms with E-state index in [2.05, 4.69) is 9.05 Å². The van der Waals surface area contributed by atoms with E-state index in [1.54, 1.807) is 0 Å². The second kappa shape index (κ2) is 2.58. The van der Waals surface area contributed by atoms with E-state index in [1.165, 1.54) is 0 Å².